The predicted octanol–water partition coefficient (Wildman–Crippen LogP) is 1.75. The third-order valence-electron chi connectivity index (χ3n) is 2.12. The lowest BCUT2D eigenvalue weighted by atomic mass is 9.97. The first-order valence-corrected chi connectivity index (χ1v) is 4.87. The first-order valence-electron chi connectivity index (χ1n) is 4.87. The molecule has 0 heterocycles. The van der Waals surface area contributed by atoms with Gasteiger partial charge < -0.3 is 4.74 Å². The number of carbonyl (C=O) groups is 1. The van der Waals surface area contributed by atoms with Crippen LogP contribution in [-0.4, -0.2) is 23.2 Å². The molecule has 0 spiro atoms. The minimum absolute atomic E-state index is 0.414. The molecule has 0 aromatic heterocycles. The van der Waals surface area contributed by atoms with Gasteiger partial charge in [0.2, 0.25) is 6.08 Å². The molecule has 0 bridgehead atoms. The van der Waals surface area contributed by atoms with Crippen LogP contribution < -0.4 is 0 Å². The van der Waals surface area contributed by atoms with E-state index in [1.165, 1.54) is 6.08 Å². The molecule has 82 valence electrons. The number of ether oxygens (including phenoxy) is 1. The van der Waals surface area contributed by atoms with Gasteiger partial charge in [0.05, 0.1) is 0 Å². The molecular formula is C11H15NO3. The minimum atomic E-state index is -1.06. The van der Waals surface area contributed by atoms with Crippen molar-refractivity contribution in [2.45, 2.75) is 44.8 Å². The van der Waals surface area contributed by atoms with Crippen LogP contribution in [0.15, 0.2) is 17.1 Å². The van der Waals surface area contributed by atoms with Crippen molar-refractivity contribution in [3.63, 3.8) is 0 Å². The number of rotatable bonds is 2. The van der Waals surface area contributed by atoms with Crippen molar-refractivity contribution < 1.29 is 14.3 Å². The number of carbonyl (C=O) groups excluding carboxylic acids is 2. The molecule has 0 saturated carbocycles. The van der Waals surface area contributed by atoms with Crippen LogP contribution in [0.1, 0.15) is 33.6 Å². The van der Waals surface area contributed by atoms with Crippen LogP contribution >= 0.6 is 0 Å². The zero-order chi connectivity index (χ0) is 11.5. The average molecular weight is 209 g/mol. The van der Waals surface area contributed by atoms with Gasteiger partial charge in [-0.2, -0.15) is 4.99 Å². The molecular weight excluding hydrogens is 194 g/mol. The SMILES string of the molecule is CC(C)(C)OC(=O)C1(N=C=O)CC=CC1. The Morgan fingerprint density at radius 2 is 1.93 bits per heavy atom. The summed E-state index contributed by atoms with van der Waals surface area (Å²) in [5.41, 5.74) is -1.62. The summed E-state index contributed by atoms with van der Waals surface area (Å²) in [6, 6.07) is 0. The Balaban J connectivity index is 2.83. The largest absolute Gasteiger partial charge is 0.458 e. The molecule has 1 rings (SSSR count). The van der Waals surface area contributed by atoms with Gasteiger partial charge in [-0.3, -0.25) is 0 Å². The van der Waals surface area contributed by atoms with Crippen LogP contribution in [-0.2, 0) is 14.3 Å². The number of hydrogen-bond acceptors (Lipinski definition) is 4. The highest BCUT2D eigenvalue weighted by Gasteiger charge is 2.42. The second-order valence-corrected chi connectivity index (χ2v) is 4.62. The predicted molar refractivity (Wildman–Crippen MR) is 55.1 cm³/mol. The Kier molecular flexibility index (Phi) is 3.10. The summed E-state index contributed by atoms with van der Waals surface area (Å²) in [5.74, 6) is -0.455. The molecule has 4 nitrogen and oxygen atoms in total. The Bertz CT molecular complexity index is 324. The molecule has 0 saturated heterocycles. The average Bonchev–Trinajstić information content (AvgIpc) is 2.51. The van der Waals surface area contributed by atoms with Crippen LogP contribution in [0.25, 0.3) is 0 Å². The van der Waals surface area contributed by atoms with Crippen molar-refractivity contribution in [1.29, 1.82) is 0 Å². The molecule has 0 aromatic rings. The van der Waals surface area contributed by atoms with E-state index in [4.69, 9.17) is 4.74 Å². The minimum Gasteiger partial charge on any atom is -0.458 e. The first kappa shape index (κ1) is 11.7. The summed E-state index contributed by atoms with van der Waals surface area (Å²) in [7, 11) is 0. The van der Waals surface area contributed by atoms with E-state index in [9.17, 15) is 9.59 Å². The highest BCUT2D eigenvalue weighted by atomic mass is 16.6. The highest BCUT2D eigenvalue weighted by molar-refractivity contribution is 5.83. The quantitative estimate of drug-likeness (QED) is 0.301. The van der Waals surface area contributed by atoms with Gasteiger partial charge in [0, 0.05) is 12.8 Å². The summed E-state index contributed by atoms with van der Waals surface area (Å²) in [6.45, 7) is 5.35. The van der Waals surface area contributed by atoms with Crippen molar-refractivity contribution in [1.82, 2.24) is 0 Å². The number of nitrogens with zero attached hydrogens (tertiary/aromatic N) is 1. The third-order valence-corrected chi connectivity index (χ3v) is 2.12. The molecule has 0 amide bonds. The lowest BCUT2D eigenvalue weighted by molar-refractivity contribution is -0.161. The van der Waals surface area contributed by atoms with Crippen LogP contribution in [0.2, 0.25) is 0 Å². The Hall–Kier alpha value is -1.41. The molecule has 0 radical (unpaired) electrons. The monoisotopic (exact) mass is 209 g/mol. The van der Waals surface area contributed by atoms with Crippen LogP contribution in [0.4, 0.5) is 0 Å². The molecule has 15 heavy (non-hydrogen) atoms. The molecule has 4 heteroatoms. The van der Waals surface area contributed by atoms with E-state index in [2.05, 4.69) is 4.99 Å². The molecule has 1 aliphatic rings. The fraction of sp³-hybridized carbons (Fsp3) is 0.636. The van der Waals surface area contributed by atoms with Crippen molar-refractivity contribution in [2.75, 3.05) is 0 Å². The van der Waals surface area contributed by atoms with Crippen LogP contribution in [0.5, 0.6) is 0 Å². The van der Waals surface area contributed by atoms with Crippen molar-refractivity contribution >= 4 is 12.0 Å². The Labute approximate surface area is 89.0 Å². The molecule has 0 aliphatic heterocycles. The molecule has 0 unspecified atom stereocenters. The highest BCUT2D eigenvalue weighted by Crippen LogP contribution is 2.30. The number of aliphatic imine (C=N–C) groups is 1. The molecule has 0 aromatic carbocycles. The van der Waals surface area contributed by atoms with Gasteiger partial charge in [0.25, 0.3) is 0 Å². The van der Waals surface area contributed by atoms with Crippen molar-refractivity contribution in [3.05, 3.63) is 12.2 Å². The summed E-state index contributed by atoms with van der Waals surface area (Å²) >= 11 is 0. The molecule has 0 atom stereocenters. The normalized spacial score (nSPS) is 18.3. The van der Waals surface area contributed by atoms with Crippen LogP contribution in [0.3, 0.4) is 0 Å². The van der Waals surface area contributed by atoms with E-state index in [0.717, 1.165) is 0 Å². The molecule has 1 aliphatic carbocycles. The van der Waals surface area contributed by atoms with E-state index in [1.54, 1.807) is 20.8 Å². The molecule has 0 fully saturated rings. The fourth-order valence-electron chi connectivity index (χ4n) is 1.40. The van der Waals surface area contributed by atoms with Crippen molar-refractivity contribution in [3.8, 4) is 0 Å². The standard InChI is InChI=1S/C11H15NO3/c1-10(2,3)15-9(14)11(12-8-13)6-4-5-7-11/h4-5H,6-7H2,1-3H3. The zero-order valence-electron chi connectivity index (χ0n) is 9.24. The van der Waals surface area contributed by atoms with Crippen LogP contribution in [0, 0.1) is 0 Å². The van der Waals surface area contributed by atoms with E-state index in [1.807, 2.05) is 12.2 Å². The summed E-state index contributed by atoms with van der Waals surface area (Å²) < 4.78 is 5.23. The van der Waals surface area contributed by atoms with Gasteiger partial charge in [-0.05, 0) is 20.8 Å². The second kappa shape index (κ2) is 3.99. The lowest BCUT2D eigenvalue weighted by Gasteiger charge is -2.26. The summed E-state index contributed by atoms with van der Waals surface area (Å²) in [6.07, 6.45) is 5.93. The van der Waals surface area contributed by atoms with Gasteiger partial charge >= 0.3 is 5.97 Å². The number of esters is 1. The van der Waals surface area contributed by atoms with Gasteiger partial charge in [-0.25, -0.2) is 9.59 Å². The third kappa shape index (κ3) is 2.77. The van der Waals surface area contributed by atoms with E-state index in [0.29, 0.717) is 12.8 Å². The maximum absolute atomic E-state index is 11.8. The summed E-state index contributed by atoms with van der Waals surface area (Å²) in [5, 5.41) is 0. The van der Waals surface area contributed by atoms with E-state index in [-0.39, 0.29) is 0 Å². The fourth-order valence-corrected chi connectivity index (χ4v) is 1.40. The molecule has 0 N–H and O–H groups in total. The van der Waals surface area contributed by atoms with Gasteiger partial charge in [-0.1, -0.05) is 12.2 Å². The number of isocyanates is 1. The number of hydrogen-bond donors (Lipinski definition) is 0. The van der Waals surface area contributed by atoms with Gasteiger partial charge in [-0.15, -0.1) is 0 Å². The van der Waals surface area contributed by atoms with E-state index >= 15 is 0 Å². The first-order chi connectivity index (χ1) is 6.90. The second-order valence-electron chi connectivity index (χ2n) is 4.62. The maximum Gasteiger partial charge on any atom is 0.336 e. The van der Waals surface area contributed by atoms with Crippen molar-refractivity contribution in [2.24, 2.45) is 4.99 Å². The summed E-state index contributed by atoms with van der Waals surface area (Å²) in [4.78, 5) is 25.7. The van der Waals surface area contributed by atoms with E-state index < -0.39 is 17.1 Å². The Morgan fingerprint density at radius 3 is 2.33 bits per heavy atom. The topological polar surface area (TPSA) is 55.7 Å². The van der Waals surface area contributed by atoms with Gasteiger partial charge in [0.1, 0.15) is 5.60 Å². The van der Waals surface area contributed by atoms with Gasteiger partial charge in [0.15, 0.2) is 5.54 Å². The Morgan fingerprint density at radius 1 is 1.40 bits per heavy atom. The smallest absolute Gasteiger partial charge is 0.336 e. The lowest BCUT2D eigenvalue weighted by Crippen LogP contribution is -2.40. The maximum atomic E-state index is 11.8. The zero-order valence-corrected chi connectivity index (χ0v) is 9.24.